The van der Waals surface area contributed by atoms with Crippen LogP contribution in [0.1, 0.15) is 11.1 Å². The Labute approximate surface area is 180 Å². The van der Waals surface area contributed by atoms with E-state index in [-0.39, 0.29) is 0 Å². The van der Waals surface area contributed by atoms with Gasteiger partial charge < -0.3 is 4.90 Å². The molecule has 1 aliphatic heterocycles. The normalized spacial score (nSPS) is 15.0. The topological polar surface area (TPSA) is 50.1 Å². The van der Waals surface area contributed by atoms with Crippen LogP contribution in [-0.4, -0.2) is 50.8 Å². The van der Waals surface area contributed by atoms with Crippen LogP contribution in [0.5, 0.6) is 0 Å². The summed E-state index contributed by atoms with van der Waals surface area (Å²) in [7, 11) is 0. The van der Waals surface area contributed by atoms with Crippen LogP contribution in [0.15, 0.2) is 67.1 Å². The fraction of sp³-hybridized carbons (Fsp3) is 0.261. The Kier molecular flexibility index (Phi) is 5.34. The molecule has 2 aromatic heterocycles. The lowest BCUT2D eigenvalue weighted by Gasteiger charge is -2.35. The summed E-state index contributed by atoms with van der Waals surface area (Å²) in [5, 5.41) is 6.32. The molecule has 7 heteroatoms. The molecule has 3 heterocycles. The van der Waals surface area contributed by atoms with Crippen molar-refractivity contribution in [1.82, 2.24) is 24.6 Å². The van der Waals surface area contributed by atoms with E-state index in [1.165, 1.54) is 5.56 Å². The number of hydrogen-bond acceptors (Lipinski definition) is 5. The van der Waals surface area contributed by atoms with Gasteiger partial charge in [-0.2, -0.15) is 5.10 Å². The maximum atomic E-state index is 6.00. The quantitative estimate of drug-likeness (QED) is 0.492. The van der Waals surface area contributed by atoms with Gasteiger partial charge in [0.15, 0.2) is 5.65 Å². The number of nitrogens with zero attached hydrogens (tertiary/aromatic N) is 6. The number of rotatable bonds is 5. The molecule has 0 unspecified atom stereocenters. The molecule has 0 atom stereocenters. The van der Waals surface area contributed by atoms with E-state index in [1.54, 1.807) is 6.33 Å². The Hall–Kier alpha value is -2.96. The second-order valence-electron chi connectivity index (χ2n) is 7.61. The molecule has 1 saturated heterocycles. The molecule has 0 saturated carbocycles. The van der Waals surface area contributed by atoms with E-state index in [9.17, 15) is 0 Å². The van der Waals surface area contributed by atoms with E-state index in [0.717, 1.165) is 60.2 Å². The van der Waals surface area contributed by atoms with Gasteiger partial charge in [-0.05, 0) is 23.3 Å². The molecule has 0 radical (unpaired) electrons. The van der Waals surface area contributed by atoms with Crippen molar-refractivity contribution in [2.45, 2.75) is 13.1 Å². The van der Waals surface area contributed by atoms with Gasteiger partial charge in [0.1, 0.15) is 12.1 Å². The van der Waals surface area contributed by atoms with E-state index < -0.39 is 0 Å². The lowest BCUT2D eigenvalue weighted by molar-refractivity contribution is 0.249. The Bertz CT molecular complexity index is 1120. The lowest BCUT2D eigenvalue weighted by atomic mass is 10.2. The Morgan fingerprint density at radius 2 is 1.53 bits per heavy atom. The number of benzene rings is 2. The minimum absolute atomic E-state index is 0.655. The molecule has 6 nitrogen and oxygen atoms in total. The van der Waals surface area contributed by atoms with Gasteiger partial charge in [0.2, 0.25) is 0 Å². The average molecular weight is 419 g/mol. The van der Waals surface area contributed by atoms with Crippen molar-refractivity contribution in [2.24, 2.45) is 0 Å². The summed E-state index contributed by atoms with van der Waals surface area (Å²) in [5.74, 6) is 0.974. The van der Waals surface area contributed by atoms with Crippen LogP contribution in [-0.2, 0) is 13.1 Å². The van der Waals surface area contributed by atoms with Gasteiger partial charge in [0.05, 0.1) is 18.1 Å². The summed E-state index contributed by atoms with van der Waals surface area (Å²) in [6.07, 6.45) is 3.53. The molecule has 0 N–H and O–H groups in total. The number of halogens is 1. The Balaban J connectivity index is 1.31. The molecular formula is C23H23ClN6. The van der Waals surface area contributed by atoms with E-state index >= 15 is 0 Å². The van der Waals surface area contributed by atoms with Crippen LogP contribution >= 0.6 is 11.6 Å². The van der Waals surface area contributed by atoms with Crippen LogP contribution in [0.3, 0.4) is 0 Å². The first-order chi connectivity index (χ1) is 14.8. The number of piperazine rings is 1. The summed E-state index contributed by atoms with van der Waals surface area (Å²) in [4.78, 5) is 13.9. The SMILES string of the molecule is Clc1ccc(Cn2ncc3c(N4CCN(Cc5ccccc5)CC4)ncnc32)cc1. The third-order valence-corrected chi connectivity index (χ3v) is 5.83. The summed E-state index contributed by atoms with van der Waals surface area (Å²) in [6.45, 7) is 5.57. The minimum Gasteiger partial charge on any atom is -0.353 e. The maximum absolute atomic E-state index is 6.00. The van der Waals surface area contributed by atoms with Crippen molar-refractivity contribution >= 4 is 28.5 Å². The smallest absolute Gasteiger partial charge is 0.163 e. The van der Waals surface area contributed by atoms with E-state index in [4.69, 9.17) is 11.6 Å². The highest BCUT2D eigenvalue weighted by molar-refractivity contribution is 6.30. The minimum atomic E-state index is 0.655. The molecule has 2 aromatic carbocycles. The highest BCUT2D eigenvalue weighted by Crippen LogP contribution is 2.24. The number of anilines is 1. The fourth-order valence-corrected chi connectivity index (χ4v) is 4.10. The zero-order valence-corrected chi connectivity index (χ0v) is 17.4. The molecule has 5 rings (SSSR count). The van der Waals surface area contributed by atoms with Crippen molar-refractivity contribution in [3.8, 4) is 0 Å². The van der Waals surface area contributed by atoms with Gasteiger partial charge in [0.25, 0.3) is 0 Å². The van der Waals surface area contributed by atoms with Gasteiger partial charge in [-0.15, -0.1) is 0 Å². The first-order valence-electron chi connectivity index (χ1n) is 10.2. The Morgan fingerprint density at radius 1 is 0.800 bits per heavy atom. The molecule has 1 fully saturated rings. The molecule has 30 heavy (non-hydrogen) atoms. The monoisotopic (exact) mass is 418 g/mol. The fourth-order valence-electron chi connectivity index (χ4n) is 3.97. The maximum Gasteiger partial charge on any atom is 0.163 e. The molecule has 152 valence electrons. The van der Waals surface area contributed by atoms with Crippen LogP contribution in [0, 0.1) is 0 Å². The largest absolute Gasteiger partial charge is 0.353 e. The van der Waals surface area contributed by atoms with Crippen LogP contribution in [0.25, 0.3) is 11.0 Å². The molecule has 4 aromatic rings. The predicted octanol–water partition coefficient (Wildman–Crippen LogP) is 3.85. The molecule has 0 amide bonds. The second-order valence-corrected chi connectivity index (χ2v) is 8.05. The molecule has 0 aliphatic carbocycles. The first-order valence-corrected chi connectivity index (χ1v) is 10.6. The summed E-state index contributed by atoms with van der Waals surface area (Å²) >= 11 is 6.00. The standard InChI is InChI=1S/C23H23ClN6/c24-20-8-6-19(7-9-20)16-30-23-21(14-27-30)22(25-17-26-23)29-12-10-28(11-13-29)15-18-4-2-1-3-5-18/h1-9,14,17H,10-13,15-16H2. The number of aromatic nitrogens is 4. The van der Waals surface area contributed by atoms with Crippen molar-refractivity contribution in [1.29, 1.82) is 0 Å². The van der Waals surface area contributed by atoms with Crippen molar-refractivity contribution in [3.63, 3.8) is 0 Å². The average Bonchev–Trinajstić information content (AvgIpc) is 3.20. The highest BCUT2D eigenvalue weighted by atomic mass is 35.5. The van der Waals surface area contributed by atoms with Gasteiger partial charge in [-0.1, -0.05) is 54.1 Å². The lowest BCUT2D eigenvalue weighted by Crippen LogP contribution is -2.46. The van der Waals surface area contributed by atoms with Crippen molar-refractivity contribution < 1.29 is 0 Å². The third-order valence-electron chi connectivity index (χ3n) is 5.58. The summed E-state index contributed by atoms with van der Waals surface area (Å²) in [5.41, 5.74) is 3.36. The van der Waals surface area contributed by atoms with Crippen LogP contribution in [0.4, 0.5) is 5.82 Å². The van der Waals surface area contributed by atoms with Crippen LogP contribution in [0.2, 0.25) is 5.02 Å². The van der Waals surface area contributed by atoms with E-state index in [0.29, 0.717) is 6.54 Å². The van der Waals surface area contributed by atoms with Gasteiger partial charge in [0, 0.05) is 37.7 Å². The summed E-state index contributed by atoms with van der Waals surface area (Å²) in [6, 6.07) is 18.5. The number of fused-ring (bicyclic) bond motifs is 1. The molecule has 0 spiro atoms. The zero-order valence-electron chi connectivity index (χ0n) is 16.7. The van der Waals surface area contributed by atoms with Gasteiger partial charge >= 0.3 is 0 Å². The summed E-state index contributed by atoms with van der Waals surface area (Å²) < 4.78 is 1.93. The third kappa shape index (κ3) is 4.01. The van der Waals surface area contributed by atoms with Crippen molar-refractivity contribution in [3.05, 3.63) is 83.3 Å². The van der Waals surface area contributed by atoms with E-state index in [2.05, 4.69) is 55.2 Å². The number of hydrogen-bond donors (Lipinski definition) is 0. The van der Waals surface area contributed by atoms with Gasteiger partial charge in [-0.3, -0.25) is 4.90 Å². The van der Waals surface area contributed by atoms with Gasteiger partial charge in [-0.25, -0.2) is 14.6 Å². The molecule has 1 aliphatic rings. The zero-order chi connectivity index (χ0) is 20.3. The highest BCUT2D eigenvalue weighted by Gasteiger charge is 2.21. The van der Waals surface area contributed by atoms with Crippen LogP contribution < -0.4 is 4.90 Å². The van der Waals surface area contributed by atoms with Crippen molar-refractivity contribution in [2.75, 3.05) is 31.1 Å². The first kappa shape index (κ1) is 19.0. The second kappa shape index (κ2) is 8.42. The van der Waals surface area contributed by atoms with E-state index in [1.807, 2.05) is 35.1 Å². The molecule has 0 bridgehead atoms. The Morgan fingerprint density at radius 3 is 2.30 bits per heavy atom. The molecular weight excluding hydrogens is 396 g/mol. The predicted molar refractivity (Wildman–Crippen MR) is 120 cm³/mol.